The maximum Gasteiger partial charge on any atom is 0.203 e. The molecule has 2 saturated carbocycles. The quantitative estimate of drug-likeness (QED) is 0.883. The van der Waals surface area contributed by atoms with E-state index >= 15 is 0 Å². The number of nitrogens with zero attached hydrogens (tertiary/aromatic N) is 2. The van der Waals surface area contributed by atoms with E-state index in [0.717, 1.165) is 30.0 Å². The van der Waals surface area contributed by atoms with Crippen LogP contribution in [0.2, 0.25) is 0 Å². The summed E-state index contributed by atoms with van der Waals surface area (Å²) in [5.74, 6) is 3.65. The molecule has 1 N–H and O–H groups in total. The van der Waals surface area contributed by atoms with Crippen LogP contribution in [0.1, 0.15) is 45.2 Å². The van der Waals surface area contributed by atoms with Gasteiger partial charge >= 0.3 is 0 Å². The SMILES string of the molecule is Cc1cn(CC(C)C)c(NC2CC3CCC2C3)n1. The Morgan fingerprint density at radius 1 is 1.39 bits per heavy atom. The molecule has 1 heterocycles. The molecule has 100 valence electrons. The van der Waals surface area contributed by atoms with Gasteiger partial charge in [-0.05, 0) is 43.9 Å². The van der Waals surface area contributed by atoms with E-state index in [0.29, 0.717) is 12.0 Å². The number of nitrogens with one attached hydrogen (secondary N) is 1. The van der Waals surface area contributed by atoms with Gasteiger partial charge in [0.25, 0.3) is 0 Å². The van der Waals surface area contributed by atoms with Crippen molar-refractivity contribution in [2.24, 2.45) is 17.8 Å². The second-order valence-corrected chi connectivity index (χ2v) is 6.68. The van der Waals surface area contributed by atoms with Crippen LogP contribution in [0.25, 0.3) is 0 Å². The highest BCUT2D eigenvalue weighted by atomic mass is 15.2. The number of anilines is 1. The molecular weight excluding hydrogens is 222 g/mol. The summed E-state index contributed by atoms with van der Waals surface area (Å²) in [6.45, 7) is 7.67. The van der Waals surface area contributed by atoms with E-state index < -0.39 is 0 Å². The Morgan fingerprint density at radius 3 is 2.83 bits per heavy atom. The van der Waals surface area contributed by atoms with Gasteiger partial charge in [-0.25, -0.2) is 4.98 Å². The van der Waals surface area contributed by atoms with E-state index in [1.807, 2.05) is 0 Å². The van der Waals surface area contributed by atoms with Crippen molar-refractivity contribution >= 4 is 5.95 Å². The predicted octanol–water partition coefficient (Wildman–Crippen LogP) is 3.45. The number of imidazole rings is 1. The van der Waals surface area contributed by atoms with Gasteiger partial charge in [0.2, 0.25) is 5.95 Å². The molecule has 3 heteroatoms. The van der Waals surface area contributed by atoms with Crippen LogP contribution in [-0.2, 0) is 6.54 Å². The summed E-state index contributed by atoms with van der Waals surface area (Å²) in [5, 5.41) is 3.72. The molecule has 0 radical (unpaired) electrons. The van der Waals surface area contributed by atoms with Gasteiger partial charge in [-0.3, -0.25) is 0 Å². The van der Waals surface area contributed by atoms with Crippen LogP contribution in [0.15, 0.2) is 6.20 Å². The molecule has 3 nitrogen and oxygen atoms in total. The second-order valence-electron chi connectivity index (χ2n) is 6.68. The fourth-order valence-corrected chi connectivity index (χ4v) is 3.78. The van der Waals surface area contributed by atoms with Gasteiger partial charge in [0.05, 0.1) is 5.69 Å². The Hall–Kier alpha value is -0.990. The van der Waals surface area contributed by atoms with Gasteiger partial charge < -0.3 is 9.88 Å². The Morgan fingerprint density at radius 2 is 2.22 bits per heavy atom. The molecule has 1 aromatic rings. The lowest BCUT2D eigenvalue weighted by atomic mass is 9.95. The molecule has 1 aromatic heterocycles. The van der Waals surface area contributed by atoms with Crippen molar-refractivity contribution in [2.45, 2.75) is 59.0 Å². The van der Waals surface area contributed by atoms with E-state index in [-0.39, 0.29) is 0 Å². The standard InChI is InChI=1S/C15H25N3/c1-10(2)8-18-9-11(3)16-15(18)17-14-7-12-4-5-13(14)6-12/h9-10,12-14H,4-8H2,1-3H3,(H,16,17). The Labute approximate surface area is 110 Å². The van der Waals surface area contributed by atoms with Crippen molar-refractivity contribution in [1.29, 1.82) is 0 Å². The van der Waals surface area contributed by atoms with E-state index in [9.17, 15) is 0 Å². The number of aromatic nitrogens is 2. The average molecular weight is 247 g/mol. The molecule has 3 atom stereocenters. The summed E-state index contributed by atoms with van der Waals surface area (Å²) in [4.78, 5) is 4.66. The number of aryl methyl sites for hydroxylation is 1. The van der Waals surface area contributed by atoms with Crippen LogP contribution < -0.4 is 5.32 Å². The first-order chi connectivity index (χ1) is 8.61. The summed E-state index contributed by atoms with van der Waals surface area (Å²) < 4.78 is 2.30. The second kappa shape index (κ2) is 4.60. The number of hydrogen-bond acceptors (Lipinski definition) is 2. The third kappa shape index (κ3) is 2.27. The zero-order valence-corrected chi connectivity index (χ0v) is 11.8. The van der Waals surface area contributed by atoms with Gasteiger partial charge in [0.1, 0.15) is 0 Å². The van der Waals surface area contributed by atoms with Crippen LogP contribution in [0.4, 0.5) is 5.95 Å². The molecule has 2 aliphatic rings. The number of hydrogen-bond donors (Lipinski definition) is 1. The van der Waals surface area contributed by atoms with Gasteiger partial charge in [-0.15, -0.1) is 0 Å². The van der Waals surface area contributed by atoms with Crippen LogP contribution in [0.3, 0.4) is 0 Å². The fraction of sp³-hybridized carbons (Fsp3) is 0.800. The molecule has 0 aliphatic heterocycles. The van der Waals surface area contributed by atoms with Gasteiger partial charge in [0.15, 0.2) is 0 Å². The topological polar surface area (TPSA) is 29.9 Å². The Balaban J connectivity index is 1.72. The van der Waals surface area contributed by atoms with Gasteiger partial charge in [-0.2, -0.15) is 0 Å². The van der Waals surface area contributed by atoms with Crippen LogP contribution in [0, 0.1) is 24.7 Å². The number of rotatable bonds is 4. The largest absolute Gasteiger partial charge is 0.353 e. The predicted molar refractivity (Wildman–Crippen MR) is 74.7 cm³/mol. The first kappa shape index (κ1) is 12.1. The molecule has 0 amide bonds. The van der Waals surface area contributed by atoms with Crippen LogP contribution >= 0.6 is 0 Å². The summed E-state index contributed by atoms with van der Waals surface area (Å²) in [7, 11) is 0. The van der Waals surface area contributed by atoms with Crippen molar-refractivity contribution in [3.8, 4) is 0 Å². The maximum atomic E-state index is 4.66. The summed E-state index contributed by atoms with van der Waals surface area (Å²) in [5.41, 5.74) is 1.13. The molecule has 2 bridgehead atoms. The number of fused-ring (bicyclic) bond motifs is 2. The third-order valence-corrected chi connectivity index (χ3v) is 4.51. The molecule has 18 heavy (non-hydrogen) atoms. The minimum absolute atomic E-state index is 0.666. The summed E-state index contributed by atoms with van der Waals surface area (Å²) in [6.07, 6.45) is 7.86. The van der Waals surface area contributed by atoms with Crippen molar-refractivity contribution in [3.63, 3.8) is 0 Å². The summed E-state index contributed by atoms with van der Waals surface area (Å²) >= 11 is 0. The normalized spacial score (nSPS) is 30.3. The molecule has 0 aromatic carbocycles. The van der Waals surface area contributed by atoms with Crippen molar-refractivity contribution in [3.05, 3.63) is 11.9 Å². The smallest absolute Gasteiger partial charge is 0.203 e. The average Bonchev–Trinajstić information content (AvgIpc) is 2.94. The van der Waals surface area contributed by atoms with E-state index in [4.69, 9.17) is 0 Å². The van der Waals surface area contributed by atoms with E-state index in [1.165, 1.54) is 25.7 Å². The van der Waals surface area contributed by atoms with Crippen molar-refractivity contribution in [2.75, 3.05) is 5.32 Å². The highest BCUT2D eigenvalue weighted by Gasteiger charge is 2.39. The van der Waals surface area contributed by atoms with E-state index in [2.05, 4.69) is 41.8 Å². The van der Waals surface area contributed by atoms with Crippen molar-refractivity contribution < 1.29 is 0 Å². The zero-order valence-electron chi connectivity index (χ0n) is 11.8. The Kier molecular flexibility index (Phi) is 3.08. The molecule has 2 aliphatic carbocycles. The minimum Gasteiger partial charge on any atom is -0.353 e. The molecule has 0 spiro atoms. The monoisotopic (exact) mass is 247 g/mol. The minimum atomic E-state index is 0.666. The molecule has 0 saturated heterocycles. The lowest BCUT2D eigenvalue weighted by Gasteiger charge is -2.24. The van der Waals surface area contributed by atoms with Crippen molar-refractivity contribution in [1.82, 2.24) is 9.55 Å². The zero-order chi connectivity index (χ0) is 12.7. The van der Waals surface area contributed by atoms with E-state index in [1.54, 1.807) is 0 Å². The van der Waals surface area contributed by atoms with Crippen LogP contribution in [0.5, 0.6) is 0 Å². The first-order valence-electron chi connectivity index (χ1n) is 7.42. The molecular formula is C15H25N3. The highest BCUT2D eigenvalue weighted by Crippen LogP contribution is 2.45. The lowest BCUT2D eigenvalue weighted by Crippen LogP contribution is -2.27. The Bertz CT molecular complexity index is 421. The maximum absolute atomic E-state index is 4.66. The summed E-state index contributed by atoms with van der Waals surface area (Å²) in [6, 6.07) is 0.677. The molecule has 2 fully saturated rings. The molecule has 3 rings (SSSR count). The highest BCUT2D eigenvalue weighted by molar-refractivity contribution is 5.31. The fourth-order valence-electron chi connectivity index (χ4n) is 3.78. The molecule has 3 unspecified atom stereocenters. The third-order valence-electron chi connectivity index (χ3n) is 4.51. The lowest BCUT2D eigenvalue weighted by molar-refractivity contribution is 0.434. The van der Waals surface area contributed by atoms with Gasteiger partial charge in [0, 0.05) is 18.8 Å². The van der Waals surface area contributed by atoms with Crippen LogP contribution in [-0.4, -0.2) is 15.6 Å². The first-order valence-corrected chi connectivity index (χ1v) is 7.42. The van der Waals surface area contributed by atoms with Gasteiger partial charge in [-0.1, -0.05) is 20.3 Å².